The molecule has 0 nitrogen and oxygen atoms in total. The van der Waals surface area contributed by atoms with Gasteiger partial charge in [-0.25, -0.2) is 0 Å². The molecule has 0 saturated heterocycles. The molecule has 0 N–H and O–H groups in total. The van der Waals surface area contributed by atoms with Crippen molar-refractivity contribution in [1.82, 2.24) is 0 Å². The van der Waals surface area contributed by atoms with E-state index in [1.54, 1.807) is 11.1 Å². The molecule has 0 unspecified atom stereocenters. The van der Waals surface area contributed by atoms with E-state index in [-0.39, 0.29) is 0 Å². The van der Waals surface area contributed by atoms with Gasteiger partial charge in [-0.2, -0.15) is 0 Å². The molecule has 0 heteroatoms. The SMILES string of the molecule is c1ccc(-c2ccc(C3CCCCC3)c(C3CCCCC3)c2)cc1. The van der Waals surface area contributed by atoms with Gasteiger partial charge in [-0.1, -0.05) is 87.1 Å². The van der Waals surface area contributed by atoms with Gasteiger partial charge >= 0.3 is 0 Å². The Kier molecular flexibility index (Phi) is 5.02. The van der Waals surface area contributed by atoms with E-state index in [0.29, 0.717) is 0 Å². The van der Waals surface area contributed by atoms with Gasteiger partial charge in [0.25, 0.3) is 0 Å². The van der Waals surface area contributed by atoms with Crippen LogP contribution in [0, 0.1) is 0 Å². The monoisotopic (exact) mass is 318 g/mol. The standard InChI is InChI=1S/C24H30/c1-4-10-19(11-5-1)22-16-17-23(20-12-6-2-7-13-20)24(18-22)21-14-8-3-9-15-21/h1,4-5,10-11,16-18,20-21H,2-3,6-9,12-15H2. The lowest BCUT2D eigenvalue weighted by Crippen LogP contribution is -2.12. The first-order valence-corrected chi connectivity index (χ1v) is 10.1. The molecule has 2 fully saturated rings. The fourth-order valence-electron chi connectivity index (χ4n) is 4.94. The van der Waals surface area contributed by atoms with Crippen molar-refractivity contribution < 1.29 is 0 Å². The van der Waals surface area contributed by atoms with Gasteiger partial charge in [0, 0.05) is 0 Å². The first-order chi connectivity index (χ1) is 11.9. The number of rotatable bonds is 3. The molecule has 2 aromatic rings. The zero-order valence-corrected chi connectivity index (χ0v) is 14.8. The minimum atomic E-state index is 0.805. The van der Waals surface area contributed by atoms with E-state index in [4.69, 9.17) is 0 Å². The Morgan fingerprint density at radius 1 is 0.500 bits per heavy atom. The molecule has 126 valence electrons. The van der Waals surface area contributed by atoms with Crippen molar-refractivity contribution in [3.63, 3.8) is 0 Å². The third kappa shape index (κ3) is 3.43. The number of benzene rings is 2. The summed E-state index contributed by atoms with van der Waals surface area (Å²) >= 11 is 0. The summed E-state index contributed by atoms with van der Waals surface area (Å²) in [6.07, 6.45) is 14.2. The average Bonchev–Trinajstić information content (AvgIpc) is 2.69. The van der Waals surface area contributed by atoms with Crippen LogP contribution in [0.1, 0.15) is 87.2 Å². The lowest BCUT2D eigenvalue weighted by molar-refractivity contribution is 0.419. The minimum absolute atomic E-state index is 0.805. The fourth-order valence-corrected chi connectivity index (χ4v) is 4.94. The highest BCUT2D eigenvalue weighted by atomic mass is 14.3. The van der Waals surface area contributed by atoms with Gasteiger partial charge in [0.2, 0.25) is 0 Å². The smallest absolute Gasteiger partial charge is 0.0159 e. The van der Waals surface area contributed by atoms with Gasteiger partial charge in [0.05, 0.1) is 0 Å². The highest BCUT2D eigenvalue weighted by molar-refractivity contribution is 5.65. The van der Waals surface area contributed by atoms with Gasteiger partial charge in [0.15, 0.2) is 0 Å². The maximum atomic E-state index is 2.55. The normalized spacial score (nSPS) is 20.2. The van der Waals surface area contributed by atoms with Crippen molar-refractivity contribution in [3.05, 3.63) is 59.7 Å². The van der Waals surface area contributed by atoms with Crippen LogP contribution in [0.3, 0.4) is 0 Å². The summed E-state index contributed by atoms with van der Waals surface area (Å²) in [5, 5.41) is 0. The van der Waals surface area contributed by atoms with Gasteiger partial charge in [-0.15, -0.1) is 0 Å². The van der Waals surface area contributed by atoms with E-state index in [9.17, 15) is 0 Å². The molecule has 24 heavy (non-hydrogen) atoms. The van der Waals surface area contributed by atoms with Gasteiger partial charge < -0.3 is 0 Å². The zero-order chi connectivity index (χ0) is 16.2. The van der Waals surface area contributed by atoms with Crippen molar-refractivity contribution in [1.29, 1.82) is 0 Å². The van der Waals surface area contributed by atoms with E-state index in [1.807, 2.05) is 0 Å². The zero-order valence-electron chi connectivity index (χ0n) is 14.8. The second-order valence-electron chi connectivity index (χ2n) is 7.88. The summed E-state index contributed by atoms with van der Waals surface area (Å²) in [5.41, 5.74) is 6.17. The van der Waals surface area contributed by atoms with Crippen LogP contribution in [0.5, 0.6) is 0 Å². The number of hydrogen-bond acceptors (Lipinski definition) is 0. The summed E-state index contributed by atoms with van der Waals surface area (Å²) < 4.78 is 0. The van der Waals surface area contributed by atoms with Crippen LogP contribution in [0.15, 0.2) is 48.5 Å². The molecular formula is C24H30. The highest BCUT2D eigenvalue weighted by Crippen LogP contribution is 2.42. The van der Waals surface area contributed by atoms with Crippen LogP contribution >= 0.6 is 0 Å². The molecule has 4 rings (SSSR count). The Labute approximate surface area is 147 Å². The van der Waals surface area contributed by atoms with Crippen molar-refractivity contribution in [2.45, 2.75) is 76.0 Å². The summed E-state index contributed by atoms with van der Waals surface area (Å²) in [6.45, 7) is 0. The maximum Gasteiger partial charge on any atom is -0.0159 e. The summed E-state index contributed by atoms with van der Waals surface area (Å²) in [4.78, 5) is 0. The molecule has 2 aromatic carbocycles. The van der Waals surface area contributed by atoms with Crippen LogP contribution in [0.25, 0.3) is 11.1 Å². The molecule has 0 amide bonds. The average molecular weight is 319 g/mol. The molecular weight excluding hydrogens is 288 g/mol. The largest absolute Gasteiger partial charge is 0.0622 e. The Morgan fingerprint density at radius 3 is 1.71 bits per heavy atom. The van der Waals surface area contributed by atoms with E-state index in [1.165, 1.54) is 75.3 Å². The topological polar surface area (TPSA) is 0 Å². The Hall–Kier alpha value is -1.56. The predicted molar refractivity (Wildman–Crippen MR) is 104 cm³/mol. The van der Waals surface area contributed by atoms with Crippen LogP contribution in [-0.4, -0.2) is 0 Å². The van der Waals surface area contributed by atoms with Crippen molar-refractivity contribution >= 4 is 0 Å². The Bertz CT molecular complexity index is 643. The summed E-state index contributed by atoms with van der Waals surface area (Å²) in [6, 6.07) is 18.3. The molecule has 0 aromatic heterocycles. The quantitative estimate of drug-likeness (QED) is 0.551. The molecule has 2 saturated carbocycles. The van der Waals surface area contributed by atoms with E-state index < -0.39 is 0 Å². The van der Waals surface area contributed by atoms with Crippen LogP contribution in [0.4, 0.5) is 0 Å². The van der Waals surface area contributed by atoms with Crippen molar-refractivity contribution in [3.8, 4) is 11.1 Å². The van der Waals surface area contributed by atoms with Crippen molar-refractivity contribution in [2.24, 2.45) is 0 Å². The first kappa shape index (κ1) is 15.9. The van der Waals surface area contributed by atoms with E-state index in [0.717, 1.165) is 11.8 Å². The minimum Gasteiger partial charge on any atom is -0.0622 e. The van der Waals surface area contributed by atoms with Crippen LogP contribution < -0.4 is 0 Å². The predicted octanol–water partition coefficient (Wildman–Crippen LogP) is 7.45. The molecule has 0 bridgehead atoms. The van der Waals surface area contributed by atoms with Gasteiger partial charge in [-0.3, -0.25) is 0 Å². The first-order valence-electron chi connectivity index (χ1n) is 10.1. The highest BCUT2D eigenvalue weighted by Gasteiger charge is 2.24. The second kappa shape index (κ2) is 7.55. The third-order valence-corrected chi connectivity index (χ3v) is 6.28. The Balaban J connectivity index is 1.72. The maximum absolute atomic E-state index is 2.55. The lowest BCUT2D eigenvalue weighted by atomic mass is 9.75. The molecule has 0 heterocycles. The molecule has 2 aliphatic carbocycles. The van der Waals surface area contributed by atoms with E-state index in [2.05, 4.69) is 48.5 Å². The van der Waals surface area contributed by atoms with Crippen LogP contribution in [0.2, 0.25) is 0 Å². The van der Waals surface area contributed by atoms with Crippen LogP contribution in [-0.2, 0) is 0 Å². The Morgan fingerprint density at radius 2 is 1.08 bits per heavy atom. The molecule has 0 radical (unpaired) electrons. The molecule has 2 aliphatic rings. The lowest BCUT2D eigenvalue weighted by Gasteiger charge is -2.30. The number of hydrogen-bond donors (Lipinski definition) is 0. The molecule has 0 spiro atoms. The van der Waals surface area contributed by atoms with Crippen molar-refractivity contribution in [2.75, 3.05) is 0 Å². The van der Waals surface area contributed by atoms with Gasteiger partial charge in [-0.05, 0) is 59.8 Å². The summed E-state index contributed by atoms with van der Waals surface area (Å²) in [5.74, 6) is 1.62. The molecule has 0 atom stereocenters. The third-order valence-electron chi connectivity index (χ3n) is 6.28. The van der Waals surface area contributed by atoms with Gasteiger partial charge in [0.1, 0.15) is 0 Å². The fraction of sp³-hybridized carbons (Fsp3) is 0.500. The second-order valence-corrected chi connectivity index (χ2v) is 7.88. The molecule has 0 aliphatic heterocycles. The summed E-state index contributed by atoms with van der Waals surface area (Å²) in [7, 11) is 0. The van der Waals surface area contributed by atoms with E-state index >= 15 is 0 Å².